The molecule has 1 fully saturated rings. The first kappa shape index (κ1) is 17.0. The molecule has 0 aromatic heterocycles. The number of hydrogen-bond acceptors (Lipinski definition) is 3. The minimum absolute atomic E-state index is 0.0631. The zero-order valence-electron chi connectivity index (χ0n) is 12.7. The molecule has 3 unspecified atom stereocenters. The van der Waals surface area contributed by atoms with Crippen molar-refractivity contribution >= 4 is 25.8 Å². The van der Waals surface area contributed by atoms with E-state index in [9.17, 15) is 13.5 Å². The Kier molecular flexibility index (Phi) is 4.86. The maximum atomic E-state index is 12.8. The van der Waals surface area contributed by atoms with Gasteiger partial charge in [-0.05, 0) is 54.9 Å². The molecule has 118 valence electrons. The fraction of sp³-hybridized carbons (Fsp3) is 0.625. The molecule has 0 saturated heterocycles. The van der Waals surface area contributed by atoms with E-state index in [0.29, 0.717) is 23.7 Å². The summed E-state index contributed by atoms with van der Waals surface area (Å²) >= 11 is 3.31. The summed E-state index contributed by atoms with van der Waals surface area (Å²) in [6, 6.07) is 6.66. The highest BCUT2D eigenvalue weighted by atomic mass is 79.9. The molecule has 1 aliphatic rings. The van der Waals surface area contributed by atoms with Crippen molar-refractivity contribution in [1.29, 1.82) is 0 Å². The van der Waals surface area contributed by atoms with Gasteiger partial charge in [0.05, 0.1) is 16.2 Å². The molecule has 1 aromatic carbocycles. The number of halogens is 1. The third kappa shape index (κ3) is 3.69. The number of hydrogen-bond donors (Lipinski definition) is 1. The molecule has 1 N–H and O–H groups in total. The second kappa shape index (κ2) is 6.01. The SMILES string of the molecule is CC(C)(C)C1CCC(O)C(S(=O)(=O)c2ccc(Br)cc2)C1. The van der Waals surface area contributed by atoms with Crippen molar-refractivity contribution in [3.05, 3.63) is 28.7 Å². The molecule has 0 heterocycles. The number of rotatable bonds is 2. The topological polar surface area (TPSA) is 54.4 Å². The Morgan fingerprint density at radius 3 is 2.24 bits per heavy atom. The van der Waals surface area contributed by atoms with Crippen LogP contribution in [0.4, 0.5) is 0 Å². The highest BCUT2D eigenvalue weighted by molar-refractivity contribution is 9.10. The lowest BCUT2D eigenvalue weighted by molar-refractivity contribution is 0.0757. The molecule has 2 rings (SSSR count). The molecule has 1 aliphatic carbocycles. The van der Waals surface area contributed by atoms with Gasteiger partial charge in [0.25, 0.3) is 0 Å². The lowest BCUT2D eigenvalue weighted by atomic mass is 9.71. The van der Waals surface area contributed by atoms with E-state index in [1.165, 1.54) is 0 Å². The summed E-state index contributed by atoms with van der Waals surface area (Å²) < 4.78 is 26.5. The van der Waals surface area contributed by atoms with Gasteiger partial charge in [-0.3, -0.25) is 0 Å². The molecule has 0 bridgehead atoms. The highest BCUT2D eigenvalue weighted by Crippen LogP contribution is 2.41. The Labute approximate surface area is 135 Å². The zero-order chi connectivity index (χ0) is 15.8. The maximum absolute atomic E-state index is 12.8. The highest BCUT2D eigenvalue weighted by Gasteiger charge is 2.42. The van der Waals surface area contributed by atoms with E-state index in [1.54, 1.807) is 24.3 Å². The van der Waals surface area contributed by atoms with E-state index in [4.69, 9.17) is 0 Å². The van der Waals surface area contributed by atoms with Crippen LogP contribution in [0.25, 0.3) is 0 Å². The van der Waals surface area contributed by atoms with Crippen LogP contribution in [0, 0.1) is 11.3 Å². The molecular weight excluding hydrogens is 352 g/mol. The molecule has 0 spiro atoms. The van der Waals surface area contributed by atoms with Crippen molar-refractivity contribution in [3.63, 3.8) is 0 Å². The Morgan fingerprint density at radius 1 is 1.14 bits per heavy atom. The van der Waals surface area contributed by atoms with Crippen LogP contribution in [-0.4, -0.2) is 24.9 Å². The fourth-order valence-electron chi connectivity index (χ4n) is 3.03. The van der Waals surface area contributed by atoms with Crippen LogP contribution >= 0.6 is 15.9 Å². The van der Waals surface area contributed by atoms with E-state index >= 15 is 0 Å². The van der Waals surface area contributed by atoms with Gasteiger partial charge >= 0.3 is 0 Å². The minimum atomic E-state index is -3.49. The predicted octanol–water partition coefficient (Wildman–Crippen LogP) is 3.80. The normalized spacial score (nSPS) is 27.6. The van der Waals surface area contributed by atoms with Crippen molar-refractivity contribution in [2.24, 2.45) is 11.3 Å². The molecule has 0 amide bonds. The van der Waals surface area contributed by atoms with Crippen molar-refractivity contribution in [1.82, 2.24) is 0 Å². The molecule has 3 nitrogen and oxygen atoms in total. The average Bonchev–Trinajstić information content (AvgIpc) is 2.38. The number of sulfone groups is 1. The number of aliphatic hydroxyl groups excluding tert-OH is 1. The van der Waals surface area contributed by atoms with E-state index < -0.39 is 21.2 Å². The molecular formula is C16H23BrO3S. The maximum Gasteiger partial charge on any atom is 0.183 e. The molecule has 5 heteroatoms. The first-order valence-electron chi connectivity index (χ1n) is 7.30. The first-order valence-corrected chi connectivity index (χ1v) is 9.64. The summed E-state index contributed by atoms with van der Waals surface area (Å²) in [7, 11) is -3.49. The molecule has 1 saturated carbocycles. The zero-order valence-corrected chi connectivity index (χ0v) is 15.1. The van der Waals surface area contributed by atoms with E-state index in [-0.39, 0.29) is 5.41 Å². The number of aliphatic hydroxyl groups is 1. The van der Waals surface area contributed by atoms with Gasteiger partial charge in [-0.1, -0.05) is 36.7 Å². The van der Waals surface area contributed by atoms with Crippen LogP contribution in [0.5, 0.6) is 0 Å². The minimum Gasteiger partial charge on any atom is -0.392 e. The van der Waals surface area contributed by atoms with E-state index in [2.05, 4.69) is 36.7 Å². The standard InChI is InChI=1S/C16H23BrO3S/c1-16(2,3)11-4-9-14(18)15(10-11)21(19,20)13-7-5-12(17)6-8-13/h5-8,11,14-15,18H,4,9-10H2,1-3H3. The average molecular weight is 375 g/mol. The van der Waals surface area contributed by atoms with Gasteiger partial charge in [-0.25, -0.2) is 8.42 Å². The summed E-state index contributed by atoms with van der Waals surface area (Å²) in [6.07, 6.45) is 1.21. The second-order valence-corrected chi connectivity index (χ2v) is 10.1. The molecule has 0 radical (unpaired) electrons. The smallest absolute Gasteiger partial charge is 0.183 e. The van der Waals surface area contributed by atoms with Crippen LogP contribution < -0.4 is 0 Å². The fourth-order valence-corrected chi connectivity index (χ4v) is 5.20. The van der Waals surface area contributed by atoms with Gasteiger partial charge in [0.2, 0.25) is 0 Å². The van der Waals surface area contributed by atoms with Crippen LogP contribution in [0.15, 0.2) is 33.6 Å². The van der Waals surface area contributed by atoms with Gasteiger partial charge < -0.3 is 5.11 Å². The van der Waals surface area contributed by atoms with Gasteiger partial charge in [-0.15, -0.1) is 0 Å². The van der Waals surface area contributed by atoms with Crippen LogP contribution in [0.3, 0.4) is 0 Å². The monoisotopic (exact) mass is 374 g/mol. The van der Waals surface area contributed by atoms with Crippen molar-refractivity contribution in [2.45, 2.75) is 56.3 Å². The second-order valence-electron chi connectivity index (χ2n) is 6.98. The van der Waals surface area contributed by atoms with Gasteiger partial charge in [0, 0.05) is 4.47 Å². The first-order chi connectivity index (χ1) is 9.62. The third-order valence-corrected chi connectivity index (χ3v) is 7.28. The molecule has 3 atom stereocenters. The Morgan fingerprint density at radius 2 is 1.71 bits per heavy atom. The number of benzene rings is 1. The Balaban J connectivity index is 2.31. The van der Waals surface area contributed by atoms with Crippen LogP contribution in [-0.2, 0) is 9.84 Å². The van der Waals surface area contributed by atoms with Crippen molar-refractivity contribution < 1.29 is 13.5 Å². The lowest BCUT2D eigenvalue weighted by Crippen LogP contribution is -2.42. The van der Waals surface area contributed by atoms with E-state index in [0.717, 1.165) is 10.9 Å². The summed E-state index contributed by atoms with van der Waals surface area (Å²) in [5.74, 6) is 0.316. The quantitative estimate of drug-likeness (QED) is 0.856. The third-order valence-electron chi connectivity index (χ3n) is 4.52. The predicted molar refractivity (Wildman–Crippen MR) is 87.9 cm³/mol. The van der Waals surface area contributed by atoms with Crippen molar-refractivity contribution in [3.8, 4) is 0 Å². The summed E-state index contributed by atoms with van der Waals surface area (Å²) in [6.45, 7) is 6.41. The summed E-state index contributed by atoms with van der Waals surface area (Å²) in [5, 5.41) is 9.52. The largest absolute Gasteiger partial charge is 0.392 e. The van der Waals surface area contributed by atoms with Crippen LogP contribution in [0.1, 0.15) is 40.0 Å². The summed E-state index contributed by atoms with van der Waals surface area (Å²) in [5.41, 5.74) is 0.0631. The van der Waals surface area contributed by atoms with Crippen molar-refractivity contribution in [2.75, 3.05) is 0 Å². The molecule has 0 aliphatic heterocycles. The Hall–Kier alpha value is -0.390. The van der Waals surface area contributed by atoms with Gasteiger partial charge in [0.1, 0.15) is 0 Å². The lowest BCUT2D eigenvalue weighted by Gasteiger charge is -2.39. The van der Waals surface area contributed by atoms with Gasteiger partial charge in [-0.2, -0.15) is 0 Å². The molecule has 21 heavy (non-hydrogen) atoms. The van der Waals surface area contributed by atoms with Crippen LogP contribution in [0.2, 0.25) is 0 Å². The molecule has 1 aromatic rings. The Bertz CT molecular complexity index is 587. The summed E-state index contributed by atoms with van der Waals surface area (Å²) in [4.78, 5) is 0.296. The van der Waals surface area contributed by atoms with Gasteiger partial charge in [0.15, 0.2) is 9.84 Å². The van der Waals surface area contributed by atoms with E-state index in [1.807, 2.05) is 0 Å².